The van der Waals surface area contributed by atoms with Gasteiger partial charge in [-0.3, -0.25) is 0 Å². The van der Waals surface area contributed by atoms with E-state index in [4.69, 9.17) is 8.85 Å². The van der Waals surface area contributed by atoms with Gasteiger partial charge in [0.2, 0.25) is 0 Å². The molecule has 0 radical (unpaired) electrons. The summed E-state index contributed by atoms with van der Waals surface area (Å²) in [5.41, 5.74) is 0.794. The summed E-state index contributed by atoms with van der Waals surface area (Å²) in [5, 5.41) is 0. The van der Waals surface area contributed by atoms with Gasteiger partial charge in [-0.15, -0.1) is 0 Å². The number of hydrogen-bond acceptors (Lipinski definition) is 6. The van der Waals surface area contributed by atoms with Gasteiger partial charge in [0.05, 0.1) is 4.90 Å². The summed E-state index contributed by atoms with van der Waals surface area (Å²) in [6, 6.07) is 5.88. The molecule has 0 amide bonds. The van der Waals surface area contributed by atoms with E-state index in [0.717, 1.165) is 5.56 Å². The molecule has 0 spiro atoms. The zero-order chi connectivity index (χ0) is 13.8. The summed E-state index contributed by atoms with van der Waals surface area (Å²) < 4.78 is 42.0. The summed E-state index contributed by atoms with van der Waals surface area (Å²) in [4.78, 5) is 9.56. The van der Waals surface area contributed by atoms with Crippen molar-refractivity contribution in [1.29, 1.82) is 0 Å². The minimum atomic E-state index is -4.41. The van der Waals surface area contributed by atoms with Crippen molar-refractivity contribution in [2.45, 2.75) is 17.4 Å². The predicted molar refractivity (Wildman–Crippen MR) is 64.9 cm³/mol. The number of rotatable bonds is 6. The van der Waals surface area contributed by atoms with Crippen LogP contribution in [-0.2, 0) is 25.4 Å². The Morgan fingerprint density at radius 1 is 1.21 bits per heavy atom. The fourth-order valence-corrected chi connectivity index (χ4v) is 3.06. The summed E-state index contributed by atoms with van der Waals surface area (Å²) in [7, 11) is -4.77. The van der Waals surface area contributed by atoms with Crippen LogP contribution in [0.4, 0.5) is 0 Å². The Morgan fingerprint density at radius 2 is 1.68 bits per heavy atom. The molecule has 1 rings (SSSR count). The molecule has 0 saturated heterocycles. The van der Waals surface area contributed by atoms with Gasteiger partial charge < -0.3 is 18.2 Å². The van der Waals surface area contributed by atoms with Gasteiger partial charge in [0, 0.05) is 20.3 Å². The van der Waals surface area contributed by atoms with Crippen molar-refractivity contribution in [1.82, 2.24) is 0 Å². The third-order valence-corrected chi connectivity index (χ3v) is 5.59. The quantitative estimate of drug-likeness (QED) is 0.455. The fraction of sp³-hybridized carbons (Fsp3) is 0.400. The third kappa shape index (κ3) is 6.02. The van der Waals surface area contributed by atoms with Crippen molar-refractivity contribution < 1.29 is 56.2 Å². The Kier molecular flexibility index (Phi) is 7.96. The van der Waals surface area contributed by atoms with Crippen molar-refractivity contribution in [3.8, 4) is 0 Å². The molecular weight excluding hydrogens is 299 g/mol. The molecule has 0 bridgehead atoms. The van der Waals surface area contributed by atoms with Gasteiger partial charge >= 0.3 is 38.4 Å². The van der Waals surface area contributed by atoms with Gasteiger partial charge in [0.25, 0.3) is 0 Å². The molecule has 1 N–H and O–H groups in total. The Balaban J connectivity index is 0.00000324. The van der Waals surface area contributed by atoms with Crippen LogP contribution in [0.25, 0.3) is 0 Å². The van der Waals surface area contributed by atoms with E-state index in [2.05, 4.69) is 0 Å². The standard InChI is InChI=1S/C10H16O6SSi.Na/c1-15-18(14,16-2)8-7-9-3-5-10(6-4-9)17(11,12)13;/h3-6,14H,7-8H2,1-2H3,(H,11,12,13);/q;+1/p-1. The fourth-order valence-electron chi connectivity index (χ4n) is 1.41. The Labute approximate surface area is 136 Å². The van der Waals surface area contributed by atoms with Crippen LogP contribution in [0.15, 0.2) is 29.2 Å². The van der Waals surface area contributed by atoms with Gasteiger partial charge in [-0.1, -0.05) is 12.1 Å². The summed E-state index contributed by atoms with van der Waals surface area (Å²) in [6.45, 7) is 0. The maximum atomic E-state index is 10.7. The predicted octanol–water partition coefficient (Wildman–Crippen LogP) is -2.64. The molecule has 1 aromatic rings. The first-order valence-corrected chi connectivity index (χ1v) is 8.56. The van der Waals surface area contributed by atoms with E-state index in [1.54, 1.807) is 0 Å². The summed E-state index contributed by atoms with van der Waals surface area (Å²) >= 11 is 0. The molecule has 6 nitrogen and oxygen atoms in total. The first kappa shape index (κ1) is 19.2. The van der Waals surface area contributed by atoms with Crippen LogP contribution >= 0.6 is 0 Å². The molecule has 0 aliphatic heterocycles. The molecule has 0 aliphatic rings. The van der Waals surface area contributed by atoms with Crippen LogP contribution in [0.3, 0.4) is 0 Å². The average Bonchev–Trinajstić information content (AvgIpc) is 2.35. The Morgan fingerprint density at radius 3 is 2.05 bits per heavy atom. The van der Waals surface area contributed by atoms with Crippen LogP contribution in [0.2, 0.25) is 6.04 Å². The number of benzene rings is 1. The van der Waals surface area contributed by atoms with E-state index in [1.807, 2.05) is 0 Å². The third-order valence-electron chi connectivity index (χ3n) is 2.58. The van der Waals surface area contributed by atoms with Gasteiger partial charge in [0.15, 0.2) is 0 Å². The van der Waals surface area contributed by atoms with E-state index in [0.29, 0.717) is 12.5 Å². The molecule has 0 heterocycles. The van der Waals surface area contributed by atoms with E-state index in [-0.39, 0.29) is 34.5 Å². The second-order valence-electron chi connectivity index (χ2n) is 3.72. The topological polar surface area (TPSA) is 95.9 Å². The van der Waals surface area contributed by atoms with Crippen LogP contribution < -0.4 is 29.6 Å². The first-order chi connectivity index (χ1) is 8.30. The van der Waals surface area contributed by atoms with Crippen LogP contribution in [0.1, 0.15) is 5.56 Å². The smallest absolute Gasteiger partial charge is 0.744 e. The SMILES string of the molecule is CO[Si](O)(CCc1ccc(S(=O)(=O)[O-])cc1)OC.[Na+]. The molecule has 0 unspecified atom stereocenters. The van der Waals surface area contributed by atoms with Gasteiger partial charge in [-0.25, -0.2) is 8.42 Å². The minimum Gasteiger partial charge on any atom is -0.744 e. The molecule has 102 valence electrons. The summed E-state index contributed by atoms with van der Waals surface area (Å²) in [6.07, 6.45) is 0.476. The molecule has 0 fully saturated rings. The first-order valence-electron chi connectivity index (χ1n) is 5.18. The van der Waals surface area contributed by atoms with Crippen molar-refractivity contribution in [2.24, 2.45) is 0 Å². The largest absolute Gasteiger partial charge is 1.00 e. The normalized spacial score (nSPS) is 12.0. The maximum absolute atomic E-state index is 10.7. The van der Waals surface area contributed by atoms with Crippen molar-refractivity contribution in [3.63, 3.8) is 0 Å². The molecular formula is C10H15NaO6SSi. The summed E-state index contributed by atoms with van der Waals surface area (Å²) in [5.74, 6) is 0. The zero-order valence-corrected chi connectivity index (χ0v) is 14.9. The van der Waals surface area contributed by atoms with Crippen molar-refractivity contribution >= 4 is 18.9 Å². The van der Waals surface area contributed by atoms with E-state index in [9.17, 15) is 17.8 Å². The van der Waals surface area contributed by atoms with E-state index >= 15 is 0 Å². The van der Waals surface area contributed by atoms with Crippen molar-refractivity contribution in [2.75, 3.05) is 14.2 Å². The average molecular weight is 314 g/mol. The molecule has 1 aromatic carbocycles. The van der Waals surface area contributed by atoms with E-state index < -0.39 is 18.9 Å². The van der Waals surface area contributed by atoms with Crippen LogP contribution in [0.5, 0.6) is 0 Å². The molecule has 0 aliphatic carbocycles. The Hall–Kier alpha value is 0.227. The van der Waals surface area contributed by atoms with Gasteiger partial charge in [-0.2, -0.15) is 0 Å². The van der Waals surface area contributed by atoms with E-state index in [1.165, 1.54) is 38.5 Å². The van der Waals surface area contributed by atoms with Crippen LogP contribution in [-0.4, -0.2) is 40.8 Å². The molecule has 0 atom stereocenters. The number of aryl methyl sites for hydroxylation is 1. The molecule has 0 saturated carbocycles. The molecule has 0 aromatic heterocycles. The van der Waals surface area contributed by atoms with Crippen molar-refractivity contribution in [3.05, 3.63) is 29.8 Å². The Bertz CT molecular complexity index is 485. The monoisotopic (exact) mass is 314 g/mol. The second-order valence-corrected chi connectivity index (χ2v) is 7.84. The zero-order valence-electron chi connectivity index (χ0n) is 11.1. The van der Waals surface area contributed by atoms with Gasteiger partial charge in [0.1, 0.15) is 10.1 Å². The molecule has 9 heteroatoms. The number of hydrogen-bond donors (Lipinski definition) is 1. The second kappa shape index (κ2) is 7.86. The maximum Gasteiger partial charge on any atom is 1.00 e. The minimum absolute atomic E-state index is 0. The van der Waals surface area contributed by atoms with Gasteiger partial charge in [-0.05, 0) is 24.1 Å². The van der Waals surface area contributed by atoms with Crippen LogP contribution in [0, 0.1) is 0 Å². The molecule has 19 heavy (non-hydrogen) atoms.